The first-order valence-corrected chi connectivity index (χ1v) is 7.89. The van der Waals surface area contributed by atoms with Gasteiger partial charge >= 0.3 is 5.97 Å². The van der Waals surface area contributed by atoms with Gasteiger partial charge in [-0.25, -0.2) is 9.78 Å². The van der Waals surface area contributed by atoms with E-state index in [1.165, 1.54) is 0 Å². The van der Waals surface area contributed by atoms with Crippen LogP contribution in [0.3, 0.4) is 0 Å². The summed E-state index contributed by atoms with van der Waals surface area (Å²) in [4.78, 5) is 35.1. The number of hydrogen-bond donors (Lipinski definition) is 3. The Bertz CT molecular complexity index is 991. The largest absolute Gasteiger partial charge is 0.480 e. The number of nitriles is 1. The van der Waals surface area contributed by atoms with Crippen molar-refractivity contribution in [3.8, 4) is 17.5 Å². The van der Waals surface area contributed by atoms with Crippen LogP contribution < -0.4 is 5.32 Å². The molecule has 3 rings (SSSR count). The van der Waals surface area contributed by atoms with Gasteiger partial charge in [0.15, 0.2) is 0 Å². The van der Waals surface area contributed by atoms with Gasteiger partial charge in [-0.3, -0.25) is 9.78 Å². The van der Waals surface area contributed by atoms with Crippen molar-refractivity contribution in [1.29, 1.82) is 5.26 Å². The molecule has 1 atom stereocenters. The minimum Gasteiger partial charge on any atom is -0.480 e. The van der Waals surface area contributed by atoms with E-state index in [1.54, 1.807) is 30.6 Å². The van der Waals surface area contributed by atoms with E-state index in [0.29, 0.717) is 22.4 Å². The lowest BCUT2D eigenvalue weighted by Crippen LogP contribution is -2.40. The zero-order valence-corrected chi connectivity index (χ0v) is 13.6. The number of imidazole rings is 1. The topological polar surface area (TPSA) is 132 Å². The molecule has 0 radical (unpaired) electrons. The molecule has 1 unspecified atom stereocenters. The number of aliphatic carboxylic acids is 1. The van der Waals surface area contributed by atoms with Crippen LogP contribution in [0.2, 0.25) is 0 Å². The summed E-state index contributed by atoms with van der Waals surface area (Å²) in [5.41, 5.74) is 2.52. The van der Waals surface area contributed by atoms with Gasteiger partial charge in [0.25, 0.3) is 5.91 Å². The van der Waals surface area contributed by atoms with Gasteiger partial charge in [-0.2, -0.15) is 5.26 Å². The van der Waals surface area contributed by atoms with Crippen molar-refractivity contribution < 1.29 is 14.7 Å². The first-order valence-electron chi connectivity index (χ1n) is 7.89. The predicted molar refractivity (Wildman–Crippen MR) is 93.1 cm³/mol. The molecule has 26 heavy (non-hydrogen) atoms. The third kappa shape index (κ3) is 3.67. The Morgan fingerprint density at radius 1 is 1.27 bits per heavy atom. The van der Waals surface area contributed by atoms with Crippen molar-refractivity contribution in [2.45, 2.75) is 18.9 Å². The molecule has 130 valence electrons. The third-order valence-electron chi connectivity index (χ3n) is 3.85. The molecule has 8 nitrogen and oxygen atoms in total. The normalized spacial score (nSPS) is 11.7. The fourth-order valence-electron chi connectivity index (χ4n) is 2.51. The molecule has 0 saturated heterocycles. The van der Waals surface area contributed by atoms with Crippen LogP contribution in [0.25, 0.3) is 22.4 Å². The Balaban J connectivity index is 1.83. The van der Waals surface area contributed by atoms with Gasteiger partial charge < -0.3 is 15.4 Å². The van der Waals surface area contributed by atoms with E-state index < -0.39 is 17.9 Å². The fraction of sp³-hybridized carbons (Fsp3) is 0.167. The van der Waals surface area contributed by atoms with Crippen LogP contribution in [0.1, 0.15) is 23.2 Å². The van der Waals surface area contributed by atoms with Gasteiger partial charge in [0.1, 0.15) is 11.9 Å². The SMILES string of the molecule is N#CCCC(NC(=O)c1ccc2nc(-c3ccncc3)[nH]c2c1)C(=O)O. The number of aromatic nitrogens is 3. The first-order chi connectivity index (χ1) is 12.6. The van der Waals surface area contributed by atoms with Crippen LogP contribution in [0.5, 0.6) is 0 Å². The van der Waals surface area contributed by atoms with E-state index >= 15 is 0 Å². The van der Waals surface area contributed by atoms with Crippen molar-refractivity contribution in [2.24, 2.45) is 0 Å². The molecule has 1 amide bonds. The Hall–Kier alpha value is -3.73. The highest BCUT2D eigenvalue weighted by Gasteiger charge is 2.20. The van der Waals surface area contributed by atoms with E-state index in [9.17, 15) is 9.59 Å². The van der Waals surface area contributed by atoms with Crippen LogP contribution in [-0.4, -0.2) is 38.0 Å². The summed E-state index contributed by atoms with van der Waals surface area (Å²) in [7, 11) is 0. The summed E-state index contributed by atoms with van der Waals surface area (Å²) in [6, 6.07) is 9.30. The summed E-state index contributed by atoms with van der Waals surface area (Å²) in [6.45, 7) is 0. The zero-order chi connectivity index (χ0) is 18.5. The Labute approximate surface area is 148 Å². The molecule has 0 spiro atoms. The quantitative estimate of drug-likeness (QED) is 0.624. The second kappa shape index (κ2) is 7.44. The van der Waals surface area contributed by atoms with Crippen molar-refractivity contribution in [2.75, 3.05) is 0 Å². The summed E-state index contributed by atoms with van der Waals surface area (Å²) in [5.74, 6) is -1.04. The second-order valence-corrected chi connectivity index (χ2v) is 5.61. The molecular formula is C18H15N5O3. The van der Waals surface area contributed by atoms with E-state index in [1.807, 2.05) is 18.2 Å². The molecular weight excluding hydrogens is 334 g/mol. The molecule has 0 aliphatic rings. The van der Waals surface area contributed by atoms with E-state index in [4.69, 9.17) is 10.4 Å². The number of carbonyl (C=O) groups excluding carboxylic acids is 1. The highest BCUT2D eigenvalue weighted by molar-refractivity contribution is 5.99. The number of nitrogens with zero attached hydrogens (tertiary/aromatic N) is 3. The maximum atomic E-state index is 12.3. The van der Waals surface area contributed by atoms with Gasteiger partial charge in [0.05, 0.1) is 17.1 Å². The van der Waals surface area contributed by atoms with Gasteiger partial charge in [-0.05, 0) is 36.8 Å². The first kappa shape index (κ1) is 17.1. The zero-order valence-electron chi connectivity index (χ0n) is 13.6. The number of fused-ring (bicyclic) bond motifs is 1. The maximum absolute atomic E-state index is 12.3. The number of amides is 1. The molecule has 0 saturated carbocycles. The van der Waals surface area contributed by atoms with Gasteiger partial charge in [0.2, 0.25) is 0 Å². The number of nitrogens with one attached hydrogen (secondary N) is 2. The van der Waals surface area contributed by atoms with E-state index in [2.05, 4.69) is 20.3 Å². The Morgan fingerprint density at radius 3 is 2.73 bits per heavy atom. The summed E-state index contributed by atoms with van der Waals surface area (Å²) >= 11 is 0. The molecule has 3 N–H and O–H groups in total. The molecule has 0 aliphatic heterocycles. The predicted octanol–water partition coefficient (Wildman–Crippen LogP) is 2.11. The molecule has 0 bridgehead atoms. The van der Waals surface area contributed by atoms with Crippen molar-refractivity contribution in [3.05, 3.63) is 48.3 Å². The van der Waals surface area contributed by atoms with Gasteiger partial charge in [-0.15, -0.1) is 0 Å². The van der Waals surface area contributed by atoms with Crippen LogP contribution in [0, 0.1) is 11.3 Å². The third-order valence-corrected chi connectivity index (χ3v) is 3.85. The minimum atomic E-state index is -1.17. The van der Waals surface area contributed by atoms with E-state index in [0.717, 1.165) is 5.56 Å². The van der Waals surface area contributed by atoms with Gasteiger partial charge in [0, 0.05) is 29.9 Å². The average molecular weight is 349 g/mol. The number of carboxylic acid groups (broad SMARTS) is 1. The number of rotatable bonds is 6. The lowest BCUT2D eigenvalue weighted by molar-refractivity contribution is -0.139. The smallest absolute Gasteiger partial charge is 0.326 e. The molecule has 3 aromatic rings. The number of pyridine rings is 1. The summed E-state index contributed by atoms with van der Waals surface area (Å²) in [6.07, 6.45) is 3.42. The summed E-state index contributed by atoms with van der Waals surface area (Å²) < 4.78 is 0. The van der Waals surface area contributed by atoms with Crippen LogP contribution >= 0.6 is 0 Å². The molecule has 8 heteroatoms. The monoisotopic (exact) mass is 349 g/mol. The van der Waals surface area contributed by atoms with E-state index in [-0.39, 0.29) is 12.8 Å². The Morgan fingerprint density at radius 2 is 2.04 bits per heavy atom. The molecule has 0 fully saturated rings. The van der Waals surface area contributed by atoms with Crippen LogP contribution in [0.4, 0.5) is 0 Å². The lowest BCUT2D eigenvalue weighted by atomic mass is 10.1. The molecule has 2 aromatic heterocycles. The van der Waals surface area contributed by atoms with Crippen molar-refractivity contribution >= 4 is 22.9 Å². The minimum absolute atomic E-state index is 0.0477. The standard InChI is InChI=1S/C18H15N5O3/c19-7-1-2-14(18(25)26)23-17(24)12-3-4-13-15(10-12)22-16(21-13)11-5-8-20-9-6-11/h3-6,8-10,14H,1-2H2,(H,21,22)(H,23,24)(H,25,26). The number of aromatic amines is 1. The van der Waals surface area contributed by atoms with Gasteiger partial charge in [-0.1, -0.05) is 0 Å². The second-order valence-electron chi connectivity index (χ2n) is 5.61. The maximum Gasteiger partial charge on any atom is 0.326 e. The molecule has 0 aliphatic carbocycles. The number of hydrogen-bond acceptors (Lipinski definition) is 5. The summed E-state index contributed by atoms with van der Waals surface area (Å²) in [5, 5.41) is 20.2. The van der Waals surface area contributed by atoms with Crippen LogP contribution in [0.15, 0.2) is 42.7 Å². The highest BCUT2D eigenvalue weighted by Crippen LogP contribution is 2.20. The molecule has 2 heterocycles. The highest BCUT2D eigenvalue weighted by atomic mass is 16.4. The number of H-pyrrole nitrogens is 1. The Kier molecular flexibility index (Phi) is 4.90. The number of carboxylic acids is 1. The fourth-order valence-corrected chi connectivity index (χ4v) is 2.51. The molecule has 1 aromatic carbocycles. The average Bonchev–Trinajstić information content (AvgIpc) is 3.08. The number of benzene rings is 1. The lowest BCUT2D eigenvalue weighted by Gasteiger charge is -2.12. The van der Waals surface area contributed by atoms with Crippen LogP contribution in [-0.2, 0) is 4.79 Å². The van der Waals surface area contributed by atoms with Crippen molar-refractivity contribution in [1.82, 2.24) is 20.3 Å². The van der Waals surface area contributed by atoms with Crippen molar-refractivity contribution in [3.63, 3.8) is 0 Å². The number of carbonyl (C=O) groups is 2.